The minimum atomic E-state index is -0.167. The summed E-state index contributed by atoms with van der Waals surface area (Å²) in [4.78, 5) is 11.9. The fraction of sp³-hybridized carbons (Fsp3) is 0.0714. The molecule has 0 aromatic heterocycles. The van der Waals surface area contributed by atoms with Gasteiger partial charge >= 0.3 is 0 Å². The smallest absolute Gasteiger partial charge is 0.255 e. The normalized spacial score (nSPS) is 9.89. The number of nitrogens with one attached hydrogen (secondary N) is 1. The number of rotatable bonds is 3. The van der Waals surface area contributed by atoms with E-state index >= 15 is 0 Å². The van der Waals surface area contributed by atoms with Crippen molar-refractivity contribution in [2.45, 2.75) is 0 Å². The van der Waals surface area contributed by atoms with Crippen LogP contribution in [0.15, 0.2) is 48.5 Å². The van der Waals surface area contributed by atoms with Gasteiger partial charge in [0.05, 0.1) is 12.1 Å². The van der Waals surface area contributed by atoms with Crippen LogP contribution in [0, 0.1) is 0 Å². The van der Waals surface area contributed by atoms with Gasteiger partial charge < -0.3 is 10.1 Å². The van der Waals surface area contributed by atoms with E-state index < -0.39 is 0 Å². The Bertz CT molecular complexity index is 555. The lowest BCUT2D eigenvalue weighted by Gasteiger charge is -2.08. The van der Waals surface area contributed by atoms with E-state index in [9.17, 15) is 4.79 Å². The lowest BCUT2D eigenvalue weighted by molar-refractivity contribution is 0.102. The molecule has 0 unspecified atom stereocenters. The van der Waals surface area contributed by atoms with E-state index in [4.69, 9.17) is 16.3 Å². The number of halogens is 1. The predicted octanol–water partition coefficient (Wildman–Crippen LogP) is 3.60. The molecule has 0 aliphatic rings. The van der Waals surface area contributed by atoms with Crippen LogP contribution in [0.25, 0.3) is 0 Å². The van der Waals surface area contributed by atoms with Crippen molar-refractivity contribution in [2.75, 3.05) is 12.4 Å². The average Bonchev–Trinajstić information content (AvgIpc) is 2.42. The van der Waals surface area contributed by atoms with E-state index in [1.807, 2.05) is 18.2 Å². The van der Waals surface area contributed by atoms with Gasteiger partial charge in [-0.3, -0.25) is 4.79 Å². The van der Waals surface area contributed by atoms with Crippen LogP contribution < -0.4 is 10.1 Å². The number of methoxy groups -OCH3 is 1. The molecule has 2 aromatic carbocycles. The molecule has 0 saturated carbocycles. The van der Waals surface area contributed by atoms with E-state index in [-0.39, 0.29) is 5.91 Å². The van der Waals surface area contributed by atoms with Crippen LogP contribution in [0.5, 0.6) is 5.75 Å². The lowest BCUT2D eigenvalue weighted by atomic mass is 10.2. The van der Waals surface area contributed by atoms with E-state index in [0.29, 0.717) is 22.0 Å². The van der Waals surface area contributed by atoms with Crippen LogP contribution in [0.4, 0.5) is 5.69 Å². The van der Waals surface area contributed by atoms with Crippen molar-refractivity contribution >= 4 is 23.2 Å². The summed E-state index contributed by atoms with van der Waals surface area (Å²) in [5.41, 5.74) is 1.25. The molecule has 92 valence electrons. The number of hydrogen-bond donors (Lipinski definition) is 1. The number of amides is 1. The maximum absolute atomic E-state index is 11.9. The molecule has 0 spiro atoms. The van der Waals surface area contributed by atoms with Gasteiger partial charge in [0.2, 0.25) is 0 Å². The maximum Gasteiger partial charge on any atom is 0.255 e. The van der Waals surface area contributed by atoms with Crippen molar-refractivity contribution < 1.29 is 9.53 Å². The third kappa shape index (κ3) is 2.81. The van der Waals surface area contributed by atoms with Crippen LogP contribution in [-0.4, -0.2) is 13.0 Å². The highest BCUT2D eigenvalue weighted by atomic mass is 35.5. The highest BCUT2D eigenvalue weighted by molar-refractivity contribution is 6.32. The first kappa shape index (κ1) is 12.5. The van der Waals surface area contributed by atoms with E-state index in [1.54, 1.807) is 30.3 Å². The average molecular weight is 262 g/mol. The van der Waals surface area contributed by atoms with Crippen LogP contribution in [0.1, 0.15) is 10.4 Å². The fourth-order valence-electron chi connectivity index (χ4n) is 1.53. The number of hydrogen-bond acceptors (Lipinski definition) is 2. The fourth-order valence-corrected chi connectivity index (χ4v) is 1.73. The monoisotopic (exact) mass is 261 g/mol. The van der Waals surface area contributed by atoms with Gasteiger partial charge in [0.15, 0.2) is 0 Å². The summed E-state index contributed by atoms with van der Waals surface area (Å²) in [5, 5.41) is 3.29. The Labute approximate surface area is 110 Å². The molecule has 2 aromatic rings. The molecule has 0 heterocycles. The van der Waals surface area contributed by atoms with E-state index in [2.05, 4.69) is 5.32 Å². The summed E-state index contributed by atoms with van der Waals surface area (Å²) < 4.78 is 5.09. The summed E-state index contributed by atoms with van der Waals surface area (Å²) in [5.74, 6) is 0.363. The molecular formula is C14H12ClNO2. The maximum atomic E-state index is 11.9. The molecule has 0 saturated heterocycles. The number of carbonyl (C=O) groups is 1. The molecule has 1 N–H and O–H groups in total. The Morgan fingerprint density at radius 2 is 1.89 bits per heavy atom. The first-order chi connectivity index (χ1) is 8.70. The van der Waals surface area contributed by atoms with Crippen molar-refractivity contribution in [3.63, 3.8) is 0 Å². The molecule has 18 heavy (non-hydrogen) atoms. The van der Waals surface area contributed by atoms with Gasteiger partial charge in [0, 0.05) is 17.3 Å². The molecule has 0 aliphatic heterocycles. The Hall–Kier alpha value is -2.00. The number of ether oxygens (including phenoxy) is 1. The summed E-state index contributed by atoms with van der Waals surface area (Å²) in [7, 11) is 1.53. The van der Waals surface area contributed by atoms with E-state index in [1.165, 1.54) is 7.11 Å². The minimum absolute atomic E-state index is 0.167. The lowest BCUT2D eigenvalue weighted by Crippen LogP contribution is -2.11. The van der Waals surface area contributed by atoms with Gasteiger partial charge in [-0.2, -0.15) is 0 Å². The van der Waals surface area contributed by atoms with Crippen LogP contribution in [0.3, 0.4) is 0 Å². The van der Waals surface area contributed by atoms with Gasteiger partial charge in [-0.1, -0.05) is 29.8 Å². The molecular weight excluding hydrogens is 250 g/mol. The van der Waals surface area contributed by atoms with Crippen molar-refractivity contribution in [1.29, 1.82) is 0 Å². The zero-order chi connectivity index (χ0) is 13.0. The minimum Gasteiger partial charge on any atom is -0.495 e. The number of carbonyl (C=O) groups excluding carboxylic acids is 1. The summed E-state index contributed by atoms with van der Waals surface area (Å²) in [6.45, 7) is 0. The van der Waals surface area contributed by atoms with Crippen LogP contribution in [0.2, 0.25) is 5.02 Å². The molecule has 2 rings (SSSR count). The standard InChI is InChI=1S/C14H12ClNO2/c1-18-13-9-11(7-8-12(13)15)16-14(17)10-5-3-2-4-6-10/h2-9H,1H3,(H,16,17). The second-order valence-corrected chi connectivity index (χ2v) is 4.08. The Morgan fingerprint density at radius 3 is 2.56 bits per heavy atom. The summed E-state index contributed by atoms with van der Waals surface area (Å²) in [6, 6.07) is 14.1. The Morgan fingerprint density at radius 1 is 1.17 bits per heavy atom. The molecule has 0 bridgehead atoms. The van der Waals surface area contributed by atoms with Crippen LogP contribution in [-0.2, 0) is 0 Å². The van der Waals surface area contributed by atoms with E-state index in [0.717, 1.165) is 0 Å². The molecule has 1 amide bonds. The molecule has 3 nitrogen and oxygen atoms in total. The Balaban J connectivity index is 2.17. The van der Waals surface area contributed by atoms with Gasteiger partial charge in [-0.25, -0.2) is 0 Å². The molecule has 0 atom stereocenters. The van der Waals surface area contributed by atoms with Crippen molar-refractivity contribution in [2.24, 2.45) is 0 Å². The third-order valence-corrected chi connectivity index (χ3v) is 2.76. The highest BCUT2D eigenvalue weighted by Gasteiger charge is 2.07. The topological polar surface area (TPSA) is 38.3 Å². The molecule has 4 heteroatoms. The summed E-state index contributed by atoms with van der Waals surface area (Å²) in [6.07, 6.45) is 0. The summed E-state index contributed by atoms with van der Waals surface area (Å²) >= 11 is 5.91. The van der Waals surface area contributed by atoms with Gasteiger partial charge in [0.25, 0.3) is 5.91 Å². The van der Waals surface area contributed by atoms with Crippen molar-refractivity contribution in [3.8, 4) is 5.75 Å². The SMILES string of the molecule is COc1cc(NC(=O)c2ccccc2)ccc1Cl. The van der Waals surface area contributed by atoms with Gasteiger partial charge in [-0.05, 0) is 24.3 Å². The quantitative estimate of drug-likeness (QED) is 0.917. The second kappa shape index (κ2) is 5.56. The third-order valence-electron chi connectivity index (χ3n) is 2.44. The zero-order valence-corrected chi connectivity index (χ0v) is 10.6. The predicted molar refractivity (Wildman–Crippen MR) is 72.4 cm³/mol. The second-order valence-electron chi connectivity index (χ2n) is 3.67. The molecule has 0 aliphatic carbocycles. The number of benzene rings is 2. The largest absolute Gasteiger partial charge is 0.495 e. The first-order valence-corrected chi connectivity index (χ1v) is 5.78. The first-order valence-electron chi connectivity index (χ1n) is 5.40. The van der Waals surface area contributed by atoms with Gasteiger partial charge in [0.1, 0.15) is 5.75 Å². The van der Waals surface area contributed by atoms with Gasteiger partial charge in [-0.15, -0.1) is 0 Å². The zero-order valence-electron chi connectivity index (χ0n) is 9.81. The molecule has 0 radical (unpaired) electrons. The van der Waals surface area contributed by atoms with Crippen LogP contribution >= 0.6 is 11.6 Å². The highest BCUT2D eigenvalue weighted by Crippen LogP contribution is 2.27. The van der Waals surface area contributed by atoms with Crippen molar-refractivity contribution in [3.05, 3.63) is 59.1 Å². The number of anilines is 1. The van der Waals surface area contributed by atoms with Crippen molar-refractivity contribution in [1.82, 2.24) is 0 Å². The Kier molecular flexibility index (Phi) is 3.85. The molecule has 0 fully saturated rings.